The summed E-state index contributed by atoms with van der Waals surface area (Å²) in [6.45, 7) is 5.13. The smallest absolute Gasteiger partial charge is 0.295 e. The van der Waals surface area contributed by atoms with Gasteiger partial charge in [-0.15, -0.1) is 0 Å². The predicted octanol–water partition coefficient (Wildman–Crippen LogP) is 3.97. The molecule has 0 bridgehead atoms. The Morgan fingerprint density at radius 3 is 2.00 bits per heavy atom. The minimum absolute atomic E-state index is 0.0908. The number of sulfone groups is 1. The van der Waals surface area contributed by atoms with E-state index in [9.17, 15) is 26.4 Å². The topological polar surface area (TPSA) is 51.2 Å². The van der Waals surface area contributed by atoms with Gasteiger partial charge in [-0.05, 0) is 25.1 Å². The zero-order valence-corrected chi connectivity index (χ0v) is 12.8. The molecule has 0 atom stereocenters. The van der Waals surface area contributed by atoms with Gasteiger partial charge < -0.3 is 0 Å². The lowest BCUT2D eigenvalue weighted by atomic mass is 10.2. The third kappa shape index (κ3) is 4.31. The van der Waals surface area contributed by atoms with E-state index in [0.717, 1.165) is 13.0 Å². The second-order valence-electron chi connectivity index (χ2n) is 3.18. The molecule has 19 heavy (non-hydrogen) atoms. The van der Waals surface area contributed by atoms with Gasteiger partial charge in [-0.25, -0.2) is 8.42 Å². The number of alkyl halides is 3. The van der Waals surface area contributed by atoms with Crippen LogP contribution in [0.4, 0.5) is 13.2 Å². The monoisotopic (exact) mass is 360 g/mol. The molecule has 0 aliphatic rings. The van der Waals surface area contributed by atoms with Gasteiger partial charge in [-0.3, -0.25) is 4.79 Å². The summed E-state index contributed by atoms with van der Waals surface area (Å²) in [6.07, 6.45) is 0. The van der Waals surface area contributed by atoms with E-state index >= 15 is 0 Å². The standard InChI is InChI=1S/C9H6BrF3O3S.C2H6/c1-5(14)6-2-7(10)4-8(3-6)17(15,16)9(11,12)13;1-2/h2-4H,1H3;1-2H3. The zero-order chi connectivity index (χ0) is 15.4. The highest BCUT2D eigenvalue weighted by Gasteiger charge is 2.47. The number of benzene rings is 1. The van der Waals surface area contributed by atoms with E-state index in [1.54, 1.807) is 0 Å². The average Bonchev–Trinajstić information content (AvgIpc) is 2.29. The molecule has 0 unspecified atom stereocenters. The highest BCUT2D eigenvalue weighted by Crippen LogP contribution is 2.32. The molecule has 0 aliphatic heterocycles. The third-order valence-electron chi connectivity index (χ3n) is 1.89. The molecule has 8 heteroatoms. The first kappa shape index (κ1) is 18.1. The molecule has 0 saturated heterocycles. The molecule has 1 rings (SSSR count). The van der Waals surface area contributed by atoms with Crippen molar-refractivity contribution in [3.05, 3.63) is 28.2 Å². The van der Waals surface area contributed by atoms with Crippen molar-refractivity contribution >= 4 is 31.6 Å². The van der Waals surface area contributed by atoms with Gasteiger partial charge in [-0.2, -0.15) is 13.2 Å². The minimum Gasteiger partial charge on any atom is -0.295 e. The van der Waals surface area contributed by atoms with Crippen LogP contribution in [-0.2, 0) is 9.84 Å². The lowest BCUT2D eigenvalue weighted by molar-refractivity contribution is -0.0436. The number of ketones is 1. The van der Waals surface area contributed by atoms with E-state index in [-0.39, 0.29) is 10.0 Å². The number of Topliss-reactive ketones (excluding diaryl/α,β-unsaturated/α-hetero) is 1. The largest absolute Gasteiger partial charge is 0.501 e. The first-order valence-electron chi connectivity index (χ1n) is 5.18. The third-order valence-corrected chi connectivity index (χ3v) is 3.82. The summed E-state index contributed by atoms with van der Waals surface area (Å²) in [6, 6.07) is 2.75. The number of carbonyl (C=O) groups is 1. The van der Waals surface area contributed by atoms with Gasteiger partial charge in [0.1, 0.15) is 0 Å². The quantitative estimate of drug-likeness (QED) is 0.749. The van der Waals surface area contributed by atoms with Crippen molar-refractivity contribution in [2.24, 2.45) is 0 Å². The van der Waals surface area contributed by atoms with Crippen LogP contribution in [-0.4, -0.2) is 19.7 Å². The maximum Gasteiger partial charge on any atom is 0.501 e. The van der Waals surface area contributed by atoms with Crippen LogP contribution in [0.1, 0.15) is 31.1 Å². The molecule has 0 saturated carbocycles. The first-order valence-corrected chi connectivity index (χ1v) is 7.46. The van der Waals surface area contributed by atoms with Gasteiger partial charge in [0.2, 0.25) is 0 Å². The van der Waals surface area contributed by atoms with Crippen molar-refractivity contribution in [3.8, 4) is 0 Å². The van der Waals surface area contributed by atoms with E-state index in [4.69, 9.17) is 0 Å². The molecule has 0 heterocycles. The average molecular weight is 361 g/mol. The fourth-order valence-corrected chi connectivity index (χ4v) is 2.53. The Labute approximate surface area is 117 Å². The maximum atomic E-state index is 12.3. The Kier molecular flexibility index (Phi) is 6.21. The molecule has 0 aliphatic carbocycles. The lowest BCUT2D eigenvalue weighted by Gasteiger charge is -2.09. The second-order valence-corrected chi connectivity index (χ2v) is 6.04. The highest BCUT2D eigenvalue weighted by molar-refractivity contribution is 9.10. The van der Waals surface area contributed by atoms with Crippen LogP contribution in [0.3, 0.4) is 0 Å². The molecule has 0 fully saturated rings. The van der Waals surface area contributed by atoms with Gasteiger partial charge in [0.25, 0.3) is 9.84 Å². The molecule has 108 valence electrons. The Morgan fingerprint density at radius 1 is 1.16 bits per heavy atom. The number of hydrogen-bond donors (Lipinski definition) is 0. The van der Waals surface area contributed by atoms with Crippen LogP contribution in [0.2, 0.25) is 0 Å². The second kappa shape index (κ2) is 6.51. The summed E-state index contributed by atoms with van der Waals surface area (Å²) in [4.78, 5) is 10.1. The van der Waals surface area contributed by atoms with Gasteiger partial charge in [0.15, 0.2) is 5.78 Å². The van der Waals surface area contributed by atoms with Crippen molar-refractivity contribution in [2.75, 3.05) is 0 Å². The van der Waals surface area contributed by atoms with Crippen molar-refractivity contribution < 1.29 is 26.4 Å². The molecule has 1 aromatic carbocycles. The van der Waals surface area contributed by atoms with Gasteiger partial charge in [-0.1, -0.05) is 29.8 Å². The van der Waals surface area contributed by atoms with Crippen LogP contribution in [0, 0.1) is 0 Å². The van der Waals surface area contributed by atoms with E-state index in [1.165, 1.54) is 6.07 Å². The summed E-state index contributed by atoms with van der Waals surface area (Å²) < 4.78 is 59.2. The summed E-state index contributed by atoms with van der Waals surface area (Å²) in [5.41, 5.74) is -5.50. The fraction of sp³-hybridized carbons (Fsp3) is 0.364. The molecule has 0 amide bonds. The maximum absolute atomic E-state index is 12.3. The SMILES string of the molecule is CC.CC(=O)c1cc(Br)cc(S(=O)(=O)C(F)(F)F)c1. The van der Waals surface area contributed by atoms with E-state index in [2.05, 4.69) is 15.9 Å². The Hall–Kier alpha value is -0.890. The Balaban J connectivity index is 0.00000154. The number of rotatable bonds is 2. The lowest BCUT2D eigenvalue weighted by Crippen LogP contribution is -2.23. The van der Waals surface area contributed by atoms with Crippen molar-refractivity contribution in [2.45, 2.75) is 31.2 Å². The highest BCUT2D eigenvalue weighted by atomic mass is 79.9. The molecule has 0 aromatic heterocycles. The van der Waals surface area contributed by atoms with Crippen LogP contribution in [0.15, 0.2) is 27.6 Å². The Morgan fingerprint density at radius 2 is 1.63 bits per heavy atom. The van der Waals surface area contributed by atoms with Crippen LogP contribution in [0.5, 0.6) is 0 Å². The zero-order valence-electron chi connectivity index (χ0n) is 10.4. The molecule has 0 spiro atoms. The fourth-order valence-electron chi connectivity index (χ4n) is 1.05. The molecular weight excluding hydrogens is 349 g/mol. The number of carbonyl (C=O) groups excluding carboxylic acids is 1. The van der Waals surface area contributed by atoms with Crippen molar-refractivity contribution in [1.82, 2.24) is 0 Å². The normalized spacial score (nSPS) is 11.5. The van der Waals surface area contributed by atoms with Gasteiger partial charge >= 0.3 is 5.51 Å². The summed E-state index contributed by atoms with van der Waals surface area (Å²) in [5.74, 6) is -0.523. The number of halogens is 4. The van der Waals surface area contributed by atoms with Crippen LogP contribution in [0.25, 0.3) is 0 Å². The van der Waals surface area contributed by atoms with Gasteiger partial charge in [0, 0.05) is 10.0 Å². The van der Waals surface area contributed by atoms with Gasteiger partial charge in [0.05, 0.1) is 4.90 Å². The summed E-state index contributed by atoms with van der Waals surface area (Å²) in [7, 11) is -5.44. The van der Waals surface area contributed by atoms with Crippen molar-refractivity contribution in [1.29, 1.82) is 0 Å². The predicted molar refractivity (Wildman–Crippen MR) is 68.7 cm³/mol. The molecule has 0 N–H and O–H groups in total. The minimum atomic E-state index is -5.44. The molecule has 3 nitrogen and oxygen atoms in total. The first-order chi connectivity index (χ1) is 8.55. The van der Waals surface area contributed by atoms with E-state index in [0.29, 0.717) is 6.07 Å². The molecular formula is C11H12BrF3O3S. The van der Waals surface area contributed by atoms with Crippen LogP contribution < -0.4 is 0 Å². The van der Waals surface area contributed by atoms with Crippen molar-refractivity contribution in [3.63, 3.8) is 0 Å². The van der Waals surface area contributed by atoms with Crippen LogP contribution >= 0.6 is 15.9 Å². The van der Waals surface area contributed by atoms with E-state index in [1.807, 2.05) is 13.8 Å². The molecule has 0 radical (unpaired) electrons. The van der Waals surface area contributed by atoms with E-state index < -0.39 is 26.0 Å². The Bertz CT molecular complexity index is 565. The summed E-state index contributed by atoms with van der Waals surface area (Å²) in [5, 5.41) is 0. The number of hydrogen-bond acceptors (Lipinski definition) is 3. The molecule has 1 aromatic rings. The summed E-state index contributed by atoms with van der Waals surface area (Å²) >= 11 is 2.86.